The number of rotatable bonds is 4. The summed E-state index contributed by atoms with van der Waals surface area (Å²) in [5, 5.41) is 2.76. The van der Waals surface area contributed by atoms with Gasteiger partial charge in [-0.2, -0.15) is 4.39 Å². The molecule has 1 aliphatic carbocycles. The van der Waals surface area contributed by atoms with Crippen molar-refractivity contribution in [2.75, 3.05) is 6.61 Å². The summed E-state index contributed by atoms with van der Waals surface area (Å²) in [5.74, 6) is -1.14. The van der Waals surface area contributed by atoms with Crippen LogP contribution < -0.4 is 5.32 Å². The van der Waals surface area contributed by atoms with Gasteiger partial charge in [0.05, 0.1) is 11.7 Å². The highest BCUT2D eigenvalue weighted by Gasteiger charge is 2.31. The van der Waals surface area contributed by atoms with E-state index in [9.17, 15) is 9.18 Å². The van der Waals surface area contributed by atoms with Gasteiger partial charge in [0.15, 0.2) is 0 Å². The number of pyridine rings is 1. The van der Waals surface area contributed by atoms with Crippen LogP contribution in [0.2, 0.25) is 0 Å². The second-order valence-electron chi connectivity index (χ2n) is 4.06. The molecule has 92 valence electrons. The molecule has 0 unspecified atom stereocenters. The Morgan fingerprint density at radius 2 is 2.41 bits per heavy atom. The number of aromatic nitrogens is 1. The Morgan fingerprint density at radius 3 is 3.06 bits per heavy atom. The van der Waals surface area contributed by atoms with E-state index in [4.69, 9.17) is 4.74 Å². The number of nitrogens with one attached hydrogen (secondary N) is 1. The van der Waals surface area contributed by atoms with Gasteiger partial charge in [-0.3, -0.25) is 4.79 Å². The van der Waals surface area contributed by atoms with E-state index in [2.05, 4.69) is 10.3 Å². The van der Waals surface area contributed by atoms with Gasteiger partial charge in [0.2, 0.25) is 5.95 Å². The molecule has 0 aromatic carbocycles. The molecule has 0 saturated heterocycles. The molecule has 1 aromatic heterocycles. The number of carbonyl (C=O) groups excluding carboxylic acids is 1. The highest BCUT2D eigenvalue weighted by Crippen LogP contribution is 2.23. The minimum Gasteiger partial charge on any atom is -0.378 e. The van der Waals surface area contributed by atoms with Crippen molar-refractivity contribution in [1.29, 1.82) is 0 Å². The lowest BCUT2D eigenvalue weighted by Crippen LogP contribution is -2.48. The second kappa shape index (κ2) is 5.23. The fourth-order valence-corrected chi connectivity index (χ4v) is 1.87. The molecule has 0 aliphatic heterocycles. The third kappa shape index (κ3) is 2.79. The first-order valence-electron chi connectivity index (χ1n) is 5.73. The van der Waals surface area contributed by atoms with E-state index in [1.807, 2.05) is 6.92 Å². The van der Waals surface area contributed by atoms with Crippen LogP contribution in [0.4, 0.5) is 4.39 Å². The number of carbonyl (C=O) groups is 1. The first-order chi connectivity index (χ1) is 8.20. The third-order valence-electron chi connectivity index (χ3n) is 2.84. The number of hydrogen-bond donors (Lipinski definition) is 1. The SMILES string of the molecule is CCOC1CC(NC(=O)c2cccnc2F)C1. The van der Waals surface area contributed by atoms with Gasteiger partial charge in [-0.15, -0.1) is 0 Å². The van der Waals surface area contributed by atoms with Crippen molar-refractivity contribution < 1.29 is 13.9 Å². The van der Waals surface area contributed by atoms with Crippen molar-refractivity contribution in [1.82, 2.24) is 10.3 Å². The fraction of sp³-hybridized carbons (Fsp3) is 0.500. The van der Waals surface area contributed by atoms with Gasteiger partial charge in [-0.1, -0.05) is 0 Å². The lowest BCUT2D eigenvalue weighted by molar-refractivity contribution is -0.00865. The number of hydrogen-bond acceptors (Lipinski definition) is 3. The second-order valence-corrected chi connectivity index (χ2v) is 4.06. The van der Waals surface area contributed by atoms with E-state index in [1.165, 1.54) is 12.3 Å². The summed E-state index contributed by atoms with van der Waals surface area (Å²) >= 11 is 0. The van der Waals surface area contributed by atoms with Crippen molar-refractivity contribution in [3.05, 3.63) is 29.8 Å². The summed E-state index contributed by atoms with van der Waals surface area (Å²) in [5.41, 5.74) is -0.00707. The average Bonchev–Trinajstić information content (AvgIpc) is 2.26. The molecular formula is C12H15FN2O2. The van der Waals surface area contributed by atoms with Crippen LogP contribution in [0, 0.1) is 5.95 Å². The van der Waals surface area contributed by atoms with E-state index in [-0.39, 0.29) is 17.7 Å². The third-order valence-corrected chi connectivity index (χ3v) is 2.84. The summed E-state index contributed by atoms with van der Waals surface area (Å²) < 4.78 is 18.6. The van der Waals surface area contributed by atoms with Crippen LogP contribution in [-0.2, 0) is 4.74 Å². The lowest BCUT2D eigenvalue weighted by atomic mass is 9.89. The Kier molecular flexibility index (Phi) is 3.68. The maximum Gasteiger partial charge on any atom is 0.256 e. The van der Waals surface area contributed by atoms with E-state index in [0.29, 0.717) is 6.61 Å². The van der Waals surface area contributed by atoms with Gasteiger partial charge in [-0.25, -0.2) is 4.98 Å². The Labute approximate surface area is 99.2 Å². The van der Waals surface area contributed by atoms with E-state index >= 15 is 0 Å². The summed E-state index contributed by atoms with van der Waals surface area (Å²) in [6, 6.07) is 3.05. The maximum absolute atomic E-state index is 13.2. The molecule has 0 radical (unpaired) electrons. The average molecular weight is 238 g/mol. The minimum absolute atomic E-state index is 0.00707. The van der Waals surface area contributed by atoms with Crippen molar-refractivity contribution in [3.8, 4) is 0 Å². The molecule has 1 aliphatic rings. The van der Waals surface area contributed by atoms with Gasteiger partial charge < -0.3 is 10.1 Å². The first kappa shape index (κ1) is 12.0. The normalized spacial score (nSPS) is 22.9. The zero-order chi connectivity index (χ0) is 12.3. The van der Waals surface area contributed by atoms with Crippen LogP contribution in [0.5, 0.6) is 0 Å². The highest BCUT2D eigenvalue weighted by molar-refractivity contribution is 5.94. The zero-order valence-corrected chi connectivity index (χ0v) is 9.65. The van der Waals surface area contributed by atoms with E-state index in [1.54, 1.807) is 6.07 Å². The standard InChI is InChI=1S/C12H15FN2O2/c1-2-17-9-6-8(7-9)15-12(16)10-4-3-5-14-11(10)13/h3-5,8-9H,2,6-7H2,1H3,(H,15,16). The lowest BCUT2D eigenvalue weighted by Gasteiger charge is -2.35. The highest BCUT2D eigenvalue weighted by atomic mass is 19.1. The Morgan fingerprint density at radius 1 is 1.65 bits per heavy atom. The van der Waals surface area contributed by atoms with Crippen LogP contribution in [-0.4, -0.2) is 29.6 Å². The zero-order valence-electron chi connectivity index (χ0n) is 9.65. The van der Waals surface area contributed by atoms with E-state index in [0.717, 1.165) is 12.8 Å². The topological polar surface area (TPSA) is 51.2 Å². The molecule has 1 fully saturated rings. The minimum atomic E-state index is -0.731. The predicted octanol–water partition coefficient (Wildman–Crippen LogP) is 1.52. The summed E-state index contributed by atoms with van der Waals surface area (Å²) in [6.07, 6.45) is 3.13. The van der Waals surface area contributed by atoms with Crippen LogP contribution in [0.1, 0.15) is 30.1 Å². The Bertz CT molecular complexity index is 405. The summed E-state index contributed by atoms with van der Waals surface area (Å²) in [6.45, 7) is 2.62. The van der Waals surface area contributed by atoms with Crippen LogP contribution in [0.25, 0.3) is 0 Å². The number of nitrogens with zero attached hydrogens (tertiary/aromatic N) is 1. The molecule has 17 heavy (non-hydrogen) atoms. The number of ether oxygens (including phenoxy) is 1. The Balaban J connectivity index is 1.85. The summed E-state index contributed by atoms with van der Waals surface area (Å²) in [7, 11) is 0. The van der Waals surface area contributed by atoms with Gasteiger partial charge in [-0.05, 0) is 31.9 Å². The quantitative estimate of drug-likeness (QED) is 0.809. The molecule has 1 N–H and O–H groups in total. The predicted molar refractivity (Wildman–Crippen MR) is 60.1 cm³/mol. The Hall–Kier alpha value is -1.49. The smallest absolute Gasteiger partial charge is 0.256 e. The van der Waals surface area contributed by atoms with Gasteiger partial charge in [0.25, 0.3) is 5.91 Å². The van der Waals surface area contributed by atoms with Crippen molar-refractivity contribution in [2.45, 2.75) is 31.9 Å². The molecule has 1 heterocycles. The molecule has 0 atom stereocenters. The molecule has 4 nitrogen and oxygen atoms in total. The van der Waals surface area contributed by atoms with Crippen LogP contribution in [0.15, 0.2) is 18.3 Å². The monoisotopic (exact) mass is 238 g/mol. The van der Waals surface area contributed by atoms with Crippen molar-refractivity contribution >= 4 is 5.91 Å². The van der Waals surface area contributed by atoms with Gasteiger partial charge in [0, 0.05) is 18.8 Å². The van der Waals surface area contributed by atoms with Crippen LogP contribution >= 0.6 is 0 Å². The summed E-state index contributed by atoms with van der Waals surface area (Å²) in [4.78, 5) is 15.1. The number of amides is 1. The molecule has 5 heteroatoms. The van der Waals surface area contributed by atoms with Gasteiger partial charge >= 0.3 is 0 Å². The largest absolute Gasteiger partial charge is 0.378 e. The molecule has 1 aromatic rings. The first-order valence-corrected chi connectivity index (χ1v) is 5.73. The molecule has 0 bridgehead atoms. The fourth-order valence-electron chi connectivity index (χ4n) is 1.87. The van der Waals surface area contributed by atoms with Gasteiger partial charge in [0.1, 0.15) is 0 Å². The van der Waals surface area contributed by atoms with Crippen molar-refractivity contribution in [3.63, 3.8) is 0 Å². The molecule has 1 saturated carbocycles. The number of halogens is 1. The van der Waals surface area contributed by atoms with Crippen molar-refractivity contribution in [2.24, 2.45) is 0 Å². The molecule has 1 amide bonds. The van der Waals surface area contributed by atoms with Crippen LogP contribution in [0.3, 0.4) is 0 Å². The molecular weight excluding hydrogens is 223 g/mol. The molecule has 0 spiro atoms. The maximum atomic E-state index is 13.2. The van der Waals surface area contributed by atoms with E-state index < -0.39 is 11.9 Å². The molecule has 2 rings (SSSR count).